The maximum atomic E-state index is 13.0. The summed E-state index contributed by atoms with van der Waals surface area (Å²) in [6.07, 6.45) is 7.05. The van der Waals surface area contributed by atoms with E-state index in [0.29, 0.717) is 25.2 Å². The summed E-state index contributed by atoms with van der Waals surface area (Å²) in [5, 5.41) is 20.8. The van der Waals surface area contributed by atoms with Crippen molar-refractivity contribution in [2.24, 2.45) is 0 Å². The molecule has 0 saturated carbocycles. The van der Waals surface area contributed by atoms with Crippen molar-refractivity contribution in [1.82, 2.24) is 24.1 Å². The van der Waals surface area contributed by atoms with Gasteiger partial charge in [-0.05, 0) is 29.7 Å². The normalized spacial score (nSPS) is 11.4. The predicted molar refractivity (Wildman–Crippen MR) is 115 cm³/mol. The summed E-state index contributed by atoms with van der Waals surface area (Å²) >= 11 is 0. The van der Waals surface area contributed by atoms with E-state index in [1.807, 2.05) is 25.1 Å². The van der Waals surface area contributed by atoms with E-state index in [-0.39, 0.29) is 11.6 Å². The highest BCUT2D eigenvalue weighted by Crippen LogP contribution is 2.20. The van der Waals surface area contributed by atoms with Gasteiger partial charge in [-0.1, -0.05) is 47.6 Å². The fourth-order valence-electron chi connectivity index (χ4n) is 3.83. The molecule has 0 aliphatic heterocycles. The summed E-state index contributed by atoms with van der Waals surface area (Å²) < 4.78 is 9.53. The number of fused-ring (bicyclic) bond motifs is 1. The number of hydrogen-bond acceptors (Lipinski definition) is 5. The van der Waals surface area contributed by atoms with E-state index in [1.54, 1.807) is 23.3 Å². The molecule has 5 aromatic rings. The van der Waals surface area contributed by atoms with Crippen molar-refractivity contribution in [3.05, 3.63) is 94.6 Å². The van der Waals surface area contributed by atoms with E-state index in [4.69, 9.17) is 4.52 Å². The number of benzene rings is 2. The molecule has 0 fully saturated rings. The molecule has 156 valence electrons. The van der Waals surface area contributed by atoms with Crippen molar-refractivity contribution in [2.45, 2.75) is 26.4 Å². The molecule has 8 nitrogen and oxygen atoms in total. The van der Waals surface area contributed by atoms with Gasteiger partial charge < -0.3 is 9.63 Å². The van der Waals surface area contributed by atoms with Crippen LogP contribution in [0.25, 0.3) is 16.5 Å². The summed E-state index contributed by atoms with van der Waals surface area (Å²) in [6, 6.07) is 14.4. The van der Waals surface area contributed by atoms with Crippen LogP contribution in [0.5, 0.6) is 5.88 Å². The highest BCUT2D eigenvalue weighted by molar-refractivity contribution is 5.85. The lowest BCUT2D eigenvalue weighted by Crippen LogP contribution is -2.23. The minimum atomic E-state index is -0.307. The van der Waals surface area contributed by atoms with Crippen LogP contribution in [0.4, 0.5) is 0 Å². The van der Waals surface area contributed by atoms with Crippen molar-refractivity contribution < 1.29 is 9.63 Å². The van der Waals surface area contributed by atoms with Gasteiger partial charge in [0.1, 0.15) is 5.76 Å². The van der Waals surface area contributed by atoms with E-state index in [1.165, 1.54) is 26.1 Å². The summed E-state index contributed by atoms with van der Waals surface area (Å²) in [4.78, 5) is 13.0. The second kappa shape index (κ2) is 7.64. The van der Waals surface area contributed by atoms with Gasteiger partial charge in [-0.3, -0.25) is 9.25 Å². The Balaban J connectivity index is 1.39. The van der Waals surface area contributed by atoms with Crippen LogP contribution in [0.3, 0.4) is 0 Å². The van der Waals surface area contributed by atoms with Gasteiger partial charge in [-0.15, -0.1) is 0 Å². The van der Waals surface area contributed by atoms with Crippen LogP contribution in [0.2, 0.25) is 0 Å². The highest BCUT2D eigenvalue weighted by atomic mass is 16.5. The van der Waals surface area contributed by atoms with Crippen molar-refractivity contribution in [3.63, 3.8) is 0 Å². The van der Waals surface area contributed by atoms with Gasteiger partial charge >= 0.3 is 5.69 Å². The predicted octanol–water partition coefficient (Wildman–Crippen LogP) is 3.28. The first-order valence-corrected chi connectivity index (χ1v) is 10.0. The number of imidazole rings is 1. The zero-order valence-corrected chi connectivity index (χ0v) is 17.0. The van der Waals surface area contributed by atoms with Crippen molar-refractivity contribution in [1.29, 1.82) is 0 Å². The Morgan fingerprint density at radius 3 is 2.71 bits per heavy atom. The molecule has 0 aliphatic carbocycles. The smallest absolute Gasteiger partial charge is 0.335 e. The lowest BCUT2D eigenvalue weighted by molar-refractivity contribution is 0.395. The highest BCUT2D eigenvalue weighted by Gasteiger charge is 2.15. The maximum Gasteiger partial charge on any atom is 0.335 e. The molecule has 0 saturated heterocycles. The second-order valence-electron chi connectivity index (χ2n) is 7.49. The molecule has 0 spiro atoms. The first-order chi connectivity index (χ1) is 15.1. The van der Waals surface area contributed by atoms with Gasteiger partial charge in [-0.25, -0.2) is 9.36 Å². The second-order valence-corrected chi connectivity index (χ2v) is 7.49. The number of nitrogens with zero attached hydrogens (tertiary/aromatic N) is 5. The molecule has 0 radical (unpaired) electrons. The SMILES string of the molecule is Cc1oncc1Cn1cc(-n2c(O)cn(CCc3cccc4ccccc34)c2=O)cn1. The van der Waals surface area contributed by atoms with E-state index in [0.717, 1.165) is 16.9 Å². The Morgan fingerprint density at radius 2 is 1.87 bits per heavy atom. The molecule has 3 heterocycles. The number of rotatable bonds is 6. The molecule has 0 bridgehead atoms. The van der Waals surface area contributed by atoms with Crippen LogP contribution < -0.4 is 5.69 Å². The van der Waals surface area contributed by atoms with Gasteiger partial charge in [0.05, 0.1) is 30.8 Å². The van der Waals surface area contributed by atoms with E-state index in [2.05, 4.69) is 34.5 Å². The molecule has 0 amide bonds. The Kier molecular flexibility index (Phi) is 4.66. The third-order valence-corrected chi connectivity index (χ3v) is 5.50. The summed E-state index contributed by atoms with van der Waals surface area (Å²) in [5.41, 5.74) is 2.26. The molecule has 0 unspecified atom stereocenters. The molecule has 3 aromatic heterocycles. The van der Waals surface area contributed by atoms with Crippen molar-refractivity contribution in [3.8, 4) is 11.6 Å². The van der Waals surface area contributed by atoms with Crippen LogP contribution in [-0.4, -0.2) is 29.2 Å². The average Bonchev–Trinajstić information content (AvgIpc) is 3.47. The Bertz CT molecular complexity index is 1420. The average molecular weight is 415 g/mol. The van der Waals surface area contributed by atoms with Crippen LogP contribution in [-0.2, 0) is 19.5 Å². The van der Waals surface area contributed by atoms with Gasteiger partial charge in [0.2, 0.25) is 5.88 Å². The van der Waals surface area contributed by atoms with Gasteiger partial charge in [0.15, 0.2) is 0 Å². The van der Waals surface area contributed by atoms with Gasteiger partial charge in [-0.2, -0.15) is 5.10 Å². The van der Waals surface area contributed by atoms with Crippen LogP contribution in [0, 0.1) is 6.92 Å². The summed E-state index contributed by atoms with van der Waals surface area (Å²) in [7, 11) is 0. The molecule has 5 rings (SSSR count). The quantitative estimate of drug-likeness (QED) is 0.460. The Morgan fingerprint density at radius 1 is 1.03 bits per heavy atom. The largest absolute Gasteiger partial charge is 0.493 e. The molecular formula is C23H21N5O3. The minimum Gasteiger partial charge on any atom is -0.493 e. The Labute approximate surface area is 177 Å². The molecular weight excluding hydrogens is 394 g/mol. The third-order valence-electron chi connectivity index (χ3n) is 5.50. The van der Waals surface area contributed by atoms with Crippen LogP contribution >= 0.6 is 0 Å². The minimum absolute atomic E-state index is 0.122. The maximum absolute atomic E-state index is 13.0. The first kappa shape index (κ1) is 18.9. The van der Waals surface area contributed by atoms with Crippen molar-refractivity contribution in [2.75, 3.05) is 0 Å². The summed E-state index contributed by atoms with van der Waals surface area (Å²) in [6.45, 7) is 2.76. The molecule has 0 atom stereocenters. The third kappa shape index (κ3) is 3.52. The lowest BCUT2D eigenvalue weighted by atomic mass is 10.0. The molecule has 31 heavy (non-hydrogen) atoms. The van der Waals surface area contributed by atoms with Gasteiger partial charge in [0, 0.05) is 18.3 Å². The van der Waals surface area contributed by atoms with Crippen molar-refractivity contribution >= 4 is 10.8 Å². The fourth-order valence-corrected chi connectivity index (χ4v) is 3.83. The number of aromatic nitrogens is 5. The topological polar surface area (TPSA) is 91.0 Å². The monoisotopic (exact) mass is 415 g/mol. The lowest BCUT2D eigenvalue weighted by Gasteiger charge is -2.06. The summed E-state index contributed by atoms with van der Waals surface area (Å²) in [5.74, 6) is 0.597. The Hall–Kier alpha value is -4.07. The van der Waals surface area contributed by atoms with Crippen LogP contribution in [0.1, 0.15) is 16.9 Å². The van der Waals surface area contributed by atoms with E-state index >= 15 is 0 Å². The van der Waals surface area contributed by atoms with E-state index in [9.17, 15) is 9.90 Å². The number of aromatic hydroxyl groups is 1. The molecule has 2 aromatic carbocycles. The zero-order valence-electron chi connectivity index (χ0n) is 17.0. The number of hydrogen-bond donors (Lipinski definition) is 1. The van der Waals surface area contributed by atoms with Crippen LogP contribution in [0.15, 0.2) is 76.6 Å². The fraction of sp³-hybridized carbons (Fsp3) is 0.174. The molecule has 1 N–H and O–H groups in total. The van der Waals surface area contributed by atoms with E-state index < -0.39 is 0 Å². The zero-order chi connectivity index (χ0) is 21.4. The molecule has 0 aliphatic rings. The molecule has 8 heteroatoms. The van der Waals surface area contributed by atoms with Gasteiger partial charge in [0.25, 0.3) is 0 Å². The number of aryl methyl sites for hydroxylation is 3. The first-order valence-electron chi connectivity index (χ1n) is 10.0. The standard InChI is InChI=1S/C23H21N5O3/c1-16-19(11-25-31-16)13-27-14-20(12-24-27)28-22(29)15-26(23(28)30)10-9-18-7-4-6-17-5-2-3-8-21(17)18/h2-8,11-12,14-15,29H,9-10,13H2,1H3.